The van der Waals surface area contributed by atoms with Crippen LogP contribution in [0.5, 0.6) is 0 Å². The van der Waals surface area contributed by atoms with Gasteiger partial charge in [0.15, 0.2) is 0 Å². The van der Waals surface area contributed by atoms with Crippen LogP contribution in [0.4, 0.5) is 0 Å². The van der Waals surface area contributed by atoms with Gasteiger partial charge in [-0.3, -0.25) is 0 Å². The zero-order valence-electron chi connectivity index (χ0n) is 15.3. The van der Waals surface area contributed by atoms with Crippen molar-refractivity contribution >= 4 is 3.27 Å². The Kier molecular flexibility index (Phi) is 6.97. The van der Waals surface area contributed by atoms with Crippen LogP contribution in [0.15, 0.2) is 30.3 Å². The number of benzene rings is 2. The number of rotatable bonds is 0. The van der Waals surface area contributed by atoms with E-state index in [1.807, 2.05) is 0 Å². The van der Waals surface area contributed by atoms with Gasteiger partial charge in [-0.2, -0.15) is 0 Å². The molecule has 0 N–H and O–H groups in total. The minimum Gasteiger partial charge on any atom is -1.00 e. The van der Waals surface area contributed by atoms with E-state index in [9.17, 15) is 0 Å². The van der Waals surface area contributed by atoms with Gasteiger partial charge < -0.3 is 34.0 Å². The third-order valence-electron chi connectivity index (χ3n) is 4.75. The van der Waals surface area contributed by atoms with E-state index < -0.39 is 0 Å². The Bertz CT molecular complexity index is 750. The summed E-state index contributed by atoms with van der Waals surface area (Å²) in [6.07, 6.45) is 1.11. The maximum absolute atomic E-state index is 2.43. The molecule has 0 spiro atoms. The zero-order valence-corrected chi connectivity index (χ0v) is 21.0. The predicted molar refractivity (Wildman–Crippen MR) is 91.7 cm³/mol. The summed E-state index contributed by atoms with van der Waals surface area (Å²) in [5, 5.41) is 0. The molecule has 0 radical (unpaired) electrons. The first-order valence-electron chi connectivity index (χ1n) is 8.11. The fourth-order valence-electron chi connectivity index (χ4n) is 3.37. The van der Waals surface area contributed by atoms with Crippen LogP contribution >= 0.6 is 0 Å². The summed E-state index contributed by atoms with van der Waals surface area (Å²) >= 11 is 1.54. The molecule has 0 saturated carbocycles. The fraction of sp³-hybridized carbons (Fsp3) is 0.429. The summed E-state index contributed by atoms with van der Waals surface area (Å²) in [5.41, 5.74) is 9.43. The van der Waals surface area contributed by atoms with Crippen LogP contribution in [0.2, 0.25) is 0 Å². The van der Waals surface area contributed by atoms with E-state index in [0.717, 1.165) is 6.42 Å². The molecule has 3 heteroatoms. The van der Waals surface area contributed by atoms with Crippen LogP contribution in [0, 0.1) is 0 Å². The molecule has 2 aromatic carbocycles. The van der Waals surface area contributed by atoms with Crippen LogP contribution in [-0.4, -0.2) is 0 Å². The van der Waals surface area contributed by atoms with E-state index >= 15 is 0 Å². The Morgan fingerprint density at radius 2 is 1.38 bits per heavy atom. The number of hydrogen-bond donors (Lipinski definition) is 0. The summed E-state index contributed by atoms with van der Waals surface area (Å²) in [4.78, 5) is 0. The van der Waals surface area contributed by atoms with Gasteiger partial charge in [0.05, 0.1) is 0 Å². The fourth-order valence-corrected chi connectivity index (χ4v) is 5.04. The van der Waals surface area contributed by atoms with Gasteiger partial charge in [0.2, 0.25) is 0 Å². The van der Waals surface area contributed by atoms with Crippen molar-refractivity contribution in [2.45, 2.75) is 58.8 Å². The van der Waals surface area contributed by atoms with Gasteiger partial charge >= 0.3 is 150 Å². The van der Waals surface area contributed by atoms with Crippen molar-refractivity contribution in [3.8, 4) is 11.1 Å². The van der Waals surface area contributed by atoms with Crippen molar-refractivity contribution in [1.82, 2.24) is 0 Å². The second-order valence-electron chi connectivity index (χ2n) is 8.56. The quantitative estimate of drug-likeness (QED) is 0.353. The molecule has 1 aliphatic rings. The van der Waals surface area contributed by atoms with Crippen molar-refractivity contribution in [2.24, 2.45) is 0 Å². The van der Waals surface area contributed by atoms with E-state index in [4.69, 9.17) is 0 Å². The Morgan fingerprint density at radius 1 is 0.792 bits per heavy atom. The second kappa shape index (κ2) is 7.49. The van der Waals surface area contributed by atoms with Gasteiger partial charge in [-0.25, -0.2) is 0 Å². The van der Waals surface area contributed by atoms with E-state index in [-0.39, 0.29) is 44.8 Å². The van der Waals surface area contributed by atoms with E-state index in [1.165, 1.54) is 27.8 Å². The second-order valence-corrected chi connectivity index (χ2v) is 9.79. The molecule has 0 unspecified atom stereocenters. The predicted octanol–water partition coefficient (Wildman–Crippen LogP) is -0.967. The molecule has 0 aliphatic heterocycles. The first-order valence-corrected chi connectivity index (χ1v) is 9.33. The van der Waals surface area contributed by atoms with Gasteiger partial charge in [0.1, 0.15) is 0 Å². The molecule has 1 aliphatic carbocycles. The van der Waals surface area contributed by atoms with Gasteiger partial charge in [0.25, 0.3) is 0 Å². The molecule has 0 atom stereocenters. The third-order valence-corrected chi connectivity index (χ3v) is 6.15. The van der Waals surface area contributed by atoms with Crippen molar-refractivity contribution in [1.29, 1.82) is 0 Å². The number of fused-ring (bicyclic) bond motifs is 3. The molecule has 0 fully saturated rings. The van der Waals surface area contributed by atoms with Crippen LogP contribution in [0.3, 0.4) is 0 Å². The smallest absolute Gasteiger partial charge is 1.00 e. The Hall–Kier alpha value is 0.283. The Morgan fingerprint density at radius 3 is 1.92 bits per heavy atom. The molecule has 0 nitrogen and oxygen atoms in total. The molecule has 0 saturated heterocycles. The minimum atomic E-state index is 0. The summed E-state index contributed by atoms with van der Waals surface area (Å²) in [6, 6.07) is 11.8. The monoisotopic (exact) mass is 525 g/mol. The summed E-state index contributed by atoms with van der Waals surface area (Å²) in [6.45, 7) is 13.9. The minimum absolute atomic E-state index is 0. The third kappa shape index (κ3) is 3.99. The molecule has 127 valence electrons. The molecule has 0 heterocycles. The van der Waals surface area contributed by atoms with Gasteiger partial charge in [-0.05, 0) is 0 Å². The SMILES string of the molecule is CC(C)(C)c1ccc2c(c1)Cc1c-2ccc(C(C)(C)C)[c]1[Zr+2].[Br-].[Br-]. The number of hydrogen-bond acceptors (Lipinski definition) is 0. The largest absolute Gasteiger partial charge is 1.00 e. The van der Waals surface area contributed by atoms with Crippen molar-refractivity contribution in [2.75, 3.05) is 0 Å². The molecular formula is C21H25Br2Zr. The Balaban J connectivity index is 0.00000144. The molecule has 24 heavy (non-hydrogen) atoms. The maximum Gasteiger partial charge on any atom is -1.00 e. The first kappa shape index (κ1) is 22.3. The molecule has 2 aromatic rings. The van der Waals surface area contributed by atoms with Crippen molar-refractivity contribution in [3.05, 3.63) is 52.6 Å². The maximum atomic E-state index is 2.43. The molecule has 0 amide bonds. The van der Waals surface area contributed by atoms with E-state index in [0.29, 0.717) is 0 Å². The average molecular weight is 528 g/mol. The zero-order chi connectivity index (χ0) is 16.3. The van der Waals surface area contributed by atoms with Gasteiger partial charge in [-0.1, -0.05) is 0 Å². The molecule has 0 bridgehead atoms. The van der Waals surface area contributed by atoms with Crippen LogP contribution in [0.25, 0.3) is 11.1 Å². The van der Waals surface area contributed by atoms with Crippen LogP contribution in [0.1, 0.15) is 63.8 Å². The summed E-state index contributed by atoms with van der Waals surface area (Å²) in [5.74, 6) is 0. The van der Waals surface area contributed by atoms with Gasteiger partial charge in [0, 0.05) is 0 Å². The topological polar surface area (TPSA) is 0 Å². The standard InChI is InChI=1S/C21H25.2BrH.Zr/c1-20(2,3)16-7-9-18-14(12-16)11-15-13-17(21(4,5)6)8-10-19(15)18;;;/h7-10,12H,11H2,1-6H3;2*1H;/q;;;+2/p-2. The van der Waals surface area contributed by atoms with Crippen molar-refractivity contribution < 1.29 is 58.7 Å². The normalized spacial score (nSPS) is 12.8. The number of halogens is 2. The van der Waals surface area contributed by atoms with Crippen molar-refractivity contribution in [3.63, 3.8) is 0 Å². The summed E-state index contributed by atoms with van der Waals surface area (Å²) < 4.78 is 1.57. The van der Waals surface area contributed by atoms with Crippen LogP contribution < -0.4 is 37.2 Å². The summed E-state index contributed by atoms with van der Waals surface area (Å²) in [7, 11) is 0. The van der Waals surface area contributed by atoms with E-state index in [2.05, 4.69) is 71.9 Å². The van der Waals surface area contributed by atoms with Crippen LogP contribution in [-0.2, 0) is 42.0 Å². The van der Waals surface area contributed by atoms with Gasteiger partial charge in [-0.15, -0.1) is 0 Å². The first-order chi connectivity index (χ1) is 10.1. The molecular weight excluding hydrogens is 503 g/mol. The van der Waals surface area contributed by atoms with E-state index in [1.54, 1.807) is 33.6 Å². The average Bonchev–Trinajstić information content (AvgIpc) is 2.75. The molecule has 0 aromatic heterocycles. The Labute approximate surface area is 183 Å². The molecule has 3 rings (SSSR count).